The fourth-order valence-corrected chi connectivity index (χ4v) is 8.37. The topological polar surface area (TPSA) is 28.4 Å². The Labute approximate surface area is 303 Å². The lowest BCUT2D eigenvalue weighted by atomic mass is 9.68. The number of hydrogen-bond donors (Lipinski definition) is 1. The summed E-state index contributed by atoms with van der Waals surface area (Å²) in [6, 6.07) is 71.2. The highest BCUT2D eigenvalue weighted by atomic mass is 16.3. The van der Waals surface area contributed by atoms with Gasteiger partial charge in [0.15, 0.2) is 5.58 Å². The van der Waals surface area contributed by atoms with Crippen LogP contribution in [0.2, 0.25) is 0 Å². The van der Waals surface area contributed by atoms with Crippen LogP contribution in [-0.4, -0.2) is 0 Å². The average molecular weight is 667 g/mol. The van der Waals surface area contributed by atoms with Crippen LogP contribution in [0, 0.1) is 0 Å². The molecular formula is C49H34N2O. The van der Waals surface area contributed by atoms with Crippen molar-refractivity contribution in [3.05, 3.63) is 222 Å². The van der Waals surface area contributed by atoms with Gasteiger partial charge in [-0.15, -0.1) is 0 Å². The molecule has 1 aromatic heterocycles. The molecule has 0 aliphatic heterocycles. The SMILES string of the molecule is c1ccc(N(c2ccccc2)c2cccc3c2oc2cc(Nc4cccc5c4-c4ccccc4C5(c4ccccc4)c4ccccc4)ccc23)cc1. The molecule has 246 valence electrons. The van der Waals surface area contributed by atoms with Crippen molar-refractivity contribution in [2.45, 2.75) is 5.41 Å². The molecule has 0 unspecified atom stereocenters. The first-order valence-corrected chi connectivity index (χ1v) is 17.8. The first-order chi connectivity index (χ1) is 25.8. The minimum Gasteiger partial charge on any atom is -0.454 e. The molecule has 0 bridgehead atoms. The molecule has 1 heterocycles. The van der Waals surface area contributed by atoms with Crippen LogP contribution in [-0.2, 0) is 5.41 Å². The van der Waals surface area contributed by atoms with Crippen LogP contribution in [0.15, 0.2) is 205 Å². The van der Waals surface area contributed by atoms with E-state index in [1.807, 2.05) is 12.1 Å². The molecule has 0 radical (unpaired) electrons. The van der Waals surface area contributed by atoms with Gasteiger partial charge in [-0.2, -0.15) is 0 Å². The van der Waals surface area contributed by atoms with Gasteiger partial charge < -0.3 is 14.6 Å². The Morgan fingerprint density at radius 2 is 1.04 bits per heavy atom. The molecule has 52 heavy (non-hydrogen) atoms. The number of nitrogens with zero attached hydrogens (tertiary/aromatic N) is 1. The minimum atomic E-state index is -0.450. The largest absolute Gasteiger partial charge is 0.454 e. The minimum absolute atomic E-state index is 0.450. The number of furan rings is 1. The molecule has 1 N–H and O–H groups in total. The second-order valence-electron chi connectivity index (χ2n) is 13.4. The van der Waals surface area contributed by atoms with Crippen LogP contribution < -0.4 is 10.2 Å². The molecule has 9 aromatic rings. The number of anilines is 5. The Kier molecular flexibility index (Phi) is 7.04. The number of fused-ring (bicyclic) bond motifs is 6. The molecule has 3 nitrogen and oxygen atoms in total. The van der Waals surface area contributed by atoms with E-state index in [1.54, 1.807) is 0 Å². The second kappa shape index (κ2) is 12.2. The Morgan fingerprint density at radius 1 is 0.462 bits per heavy atom. The first-order valence-electron chi connectivity index (χ1n) is 17.8. The molecule has 1 aliphatic carbocycles. The summed E-state index contributed by atoms with van der Waals surface area (Å²) in [6.07, 6.45) is 0. The zero-order valence-corrected chi connectivity index (χ0v) is 28.4. The van der Waals surface area contributed by atoms with Gasteiger partial charge in [0.25, 0.3) is 0 Å². The van der Waals surface area contributed by atoms with E-state index >= 15 is 0 Å². The summed E-state index contributed by atoms with van der Waals surface area (Å²) in [7, 11) is 0. The van der Waals surface area contributed by atoms with Crippen LogP contribution in [0.25, 0.3) is 33.1 Å². The highest BCUT2D eigenvalue weighted by molar-refractivity contribution is 6.11. The third kappa shape index (κ3) is 4.60. The lowest BCUT2D eigenvalue weighted by Crippen LogP contribution is -2.28. The second-order valence-corrected chi connectivity index (χ2v) is 13.4. The van der Waals surface area contributed by atoms with Crippen LogP contribution in [0.4, 0.5) is 28.4 Å². The summed E-state index contributed by atoms with van der Waals surface area (Å²) in [5, 5.41) is 6.01. The maximum Gasteiger partial charge on any atom is 0.159 e. The summed E-state index contributed by atoms with van der Waals surface area (Å²) in [4.78, 5) is 2.26. The maximum absolute atomic E-state index is 6.80. The summed E-state index contributed by atoms with van der Waals surface area (Å²) in [6.45, 7) is 0. The fraction of sp³-hybridized carbons (Fsp3) is 0.0204. The zero-order valence-electron chi connectivity index (χ0n) is 28.4. The van der Waals surface area contributed by atoms with E-state index in [0.717, 1.165) is 50.4 Å². The molecule has 0 saturated carbocycles. The Hall–Kier alpha value is -6.84. The molecule has 1 aliphatic rings. The van der Waals surface area contributed by atoms with E-state index in [9.17, 15) is 0 Å². The van der Waals surface area contributed by atoms with Gasteiger partial charge in [-0.1, -0.05) is 146 Å². The summed E-state index contributed by atoms with van der Waals surface area (Å²) < 4.78 is 6.80. The molecule has 10 rings (SSSR count). The summed E-state index contributed by atoms with van der Waals surface area (Å²) >= 11 is 0. The van der Waals surface area contributed by atoms with Crippen LogP contribution in [0.3, 0.4) is 0 Å². The number of para-hydroxylation sites is 3. The number of hydrogen-bond acceptors (Lipinski definition) is 3. The van der Waals surface area contributed by atoms with Gasteiger partial charge in [0.2, 0.25) is 0 Å². The van der Waals surface area contributed by atoms with E-state index < -0.39 is 5.41 Å². The van der Waals surface area contributed by atoms with Crippen LogP contribution in [0.5, 0.6) is 0 Å². The van der Waals surface area contributed by atoms with Crippen molar-refractivity contribution in [3.63, 3.8) is 0 Å². The van der Waals surface area contributed by atoms with Crippen molar-refractivity contribution in [1.29, 1.82) is 0 Å². The standard InChI is InChI=1S/C49H34N2O/c1-5-17-34(18-6-1)49(35-19-7-2-8-20-35)42-27-14-13-25-41(42)47-43(49)28-16-29-44(47)50-36-31-32-39-40-26-15-30-45(48(40)52-46(39)33-36)51(37-21-9-3-10-22-37)38-23-11-4-12-24-38/h1-33,50H. The van der Waals surface area contributed by atoms with Gasteiger partial charge in [-0.25, -0.2) is 0 Å². The van der Waals surface area contributed by atoms with Gasteiger partial charge in [0.05, 0.1) is 11.1 Å². The number of benzene rings is 8. The Balaban J connectivity index is 1.11. The molecule has 0 amide bonds. The van der Waals surface area contributed by atoms with Crippen molar-refractivity contribution >= 4 is 50.4 Å². The molecule has 3 heteroatoms. The van der Waals surface area contributed by atoms with Gasteiger partial charge in [-0.05, 0) is 76.3 Å². The lowest BCUT2D eigenvalue weighted by molar-refractivity contribution is 0.669. The van der Waals surface area contributed by atoms with Crippen LogP contribution >= 0.6 is 0 Å². The van der Waals surface area contributed by atoms with Gasteiger partial charge in [-0.3, -0.25) is 0 Å². The third-order valence-electron chi connectivity index (χ3n) is 10.5. The highest BCUT2D eigenvalue weighted by Gasteiger charge is 2.46. The van der Waals surface area contributed by atoms with Crippen molar-refractivity contribution in [2.24, 2.45) is 0 Å². The van der Waals surface area contributed by atoms with Crippen molar-refractivity contribution < 1.29 is 4.42 Å². The van der Waals surface area contributed by atoms with E-state index in [2.05, 4.69) is 198 Å². The maximum atomic E-state index is 6.80. The first kappa shape index (κ1) is 30.0. The molecular weight excluding hydrogens is 633 g/mol. The zero-order chi connectivity index (χ0) is 34.5. The number of rotatable bonds is 7. The monoisotopic (exact) mass is 666 g/mol. The number of nitrogens with one attached hydrogen (secondary N) is 1. The van der Waals surface area contributed by atoms with E-state index in [4.69, 9.17) is 4.42 Å². The smallest absolute Gasteiger partial charge is 0.159 e. The summed E-state index contributed by atoms with van der Waals surface area (Å²) in [5.74, 6) is 0. The predicted octanol–water partition coefficient (Wildman–Crippen LogP) is 13.2. The van der Waals surface area contributed by atoms with E-state index in [1.165, 1.54) is 33.4 Å². The van der Waals surface area contributed by atoms with Crippen molar-refractivity contribution in [2.75, 3.05) is 10.2 Å². The quantitative estimate of drug-likeness (QED) is 0.183. The van der Waals surface area contributed by atoms with E-state index in [0.29, 0.717) is 0 Å². The van der Waals surface area contributed by atoms with Crippen molar-refractivity contribution in [1.82, 2.24) is 0 Å². The van der Waals surface area contributed by atoms with Crippen molar-refractivity contribution in [3.8, 4) is 11.1 Å². The third-order valence-corrected chi connectivity index (χ3v) is 10.5. The molecule has 0 spiro atoms. The molecule has 0 atom stereocenters. The Morgan fingerprint density at radius 3 is 1.71 bits per heavy atom. The lowest BCUT2D eigenvalue weighted by Gasteiger charge is -2.33. The predicted molar refractivity (Wildman–Crippen MR) is 215 cm³/mol. The summed E-state index contributed by atoms with van der Waals surface area (Å²) in [5.41, 5.74) is 14.0. The average Bonchev–Trinajstić information content (AvgIpc) is 3.74. The van der Waals surface area contributed by atoms with Crippen LogP contribution in [0.1, 0.15) is 22.3 Å². The molecule has 0 saturated heterocycles. The van der Waals surface area contributed by atoms with Gasteiger partial charge >= 0.3 is 0 Å². The molecule has 8 aromatic carbocycles. The Bertz CT molecular complexity index is 2620. The van der Waals surface area contributed by atoms with Gasteiger partial charge in [0, 0.05) is 45.2 Å². The van der Waals surface area contributed by atoms with Gasteiger partial charge in [0.1, 0.15) is 5.58 Å². The highest BCUT2D eigenvalue weighted by Crippen LogP contribution is 2.58. The normalized spacial score (nSPS) is 12.8. The molecule has 0 fully saturated rings. The fourth-order valence-electron chi connectivity index (χ4n) is 8.37. The van der Waals surface area contributed by atoms with E-state index in [-0.39, 0.29) is 0 Å².